The molecule has 42 heavy (non-hydrogen) atoms. The van der Waals surface area contributed by atoms with Gasteiger partial charge in [0.1, 0.15) is 0 Å². The van der Waals surface area contributed by atoms with Crippen molar-refractivity contribution >= 4 is 10.8 Å². The topological polar surface area (TPSA) is 0 Å². The summed E-state index contributed by atoms with van der Waals surface area (Å²) in [6.07, 6.45) is 0. The molecule has 0 saturated carbocycles. The van der Waals surface area contributed by atoms with Gasteiger partial charge in [-0.05, 0) is 72.1 Å². The molecule has 0 heteroatoms. The predicted molar refractivity (Wildman–Crippen MR) is 174 cm³/mol. The standard InChI is InChI=1S/C42H24/c1-5-13-33(14-6-1)21-22-37-31-39(27-24-35-17-9-3-10-18-35)41-30-28-38(26-23-34-15-7-2-8-16-34)40(42(41)32-37)29-25-36-19-11-4-12-20-36/h1-20,28,30-32H. The summed E-state index contributed by atoms with van der Waals surface area (Å²) in [5.74, 6) is 26.9. The fourth-order valence-corrected chi connectivity index (χ4v) is 4.49. The van der Waals surface area contributed by atoms with Crippen LogP contribution in [0.1, 0.15) is 44.5 Å². The Kier molecular flexibility index (Phi) is 7.93. The molecule has 0 unspecified atom stereocenters. The lowest BCUT2D eigenvalue weighted by Crippen LogP contribution is -1.92. The summed E-state index contributed by atoms with van der Waals surface area (Å²) in [4.78, 5) is 0. The molecule has 0 aliphatic heterocycles. The lowest BCUT2D eigenvalue weighted by Gasteiger charge is -2.08. The molecule has 0 N–H and O–H groups in total. The summed E-state index contributed by atoms with van der Waals surface area (Å²) in [6, 6.07) is 48.4. The molecule has 0 atom stereocenters. The summed E-state index contributed by atoms with van der Waals surface area (Å²) >= 11 is 0. The van der Waals surface area contributed by atoms with E-state index in [1.54, 1.807) is 0 Å². The molecular formula is C42H24. The quantitative estimate of drug-likeness (QED) is 0.174. The minimum absolute atomic E-state index is 0.866. The Morgan fingerprint density at radius 2 is 0.667 bits per heavy atom. The molecule has 6 rings (SSSR count). The summed E-state index contributed by atoms with van der Waals surface area (Å²) in [5.41, 5.74) is 7.33. The Morgan fingerprint density at radius 3 is 1.17 bits per heavy atom. The highest BCUT2D eigenvalue weighted by Crippen LogP contribution is 2.27. The fraction of sp³-hybridized carbons (Fsp3) is 0. The Bertz CT molecular complexity index is 2110. The molecule has 0 aliphatic carbocycles. The van der Waals surface area contributed by atoms with E-state index >= 15 is 0 Å². The van der Waals surface area contributed by atoms with Gasteiger partial charge < -0.3 is 0 Å². The van der Waals surface area contributed by atoms with Gasteiger partial charge in [-0.25, -0.2) is 0 Å². The van der Waals surface area contributed by atoms with Gasteiger partial charge in [-0.2, -0.15) is 0 Å². The third kappa shape index (κ3) is 6.51. The van der Waals surface area contributed by atoms with Crippen molar-refractivity contribution in [3.05, 3.63) is 190 Å². The molecule has 0 aromatic heterocycles. The molecule has 0 bridgehead atoms. The molecular weight excluding hydrogens is 504 g/mol. The van der Waals surface area contributed by atoms with Crippen LogP contribution in [0.2, 0.25) is 0 Å². The number of rotatable bonds is 0. The first-order chi connectivity index (χ1) is 20.8. The van der Waals surface area contributed by atoms with Crippen molar-refractivity contribution in [2.24, 2.45) is 0 Å². The Hall–Kier alpha value is -6.18. The van der Waals surface area contributed by atoms with E-state index < -0.39 is 0 Å². The molecule has 0 heterocycles. The summed E-state index contributed by atoms with van der Waals surface area (Å²) in [7, 11) is 0. The minimum Gasteiger partial charge on any atom is -0.0622 e. The van der Waals surface area contributed by atoms with Crippen LogP contribution in [0.25, 0.3) is 10.8 Å². The summed E-state index contributed by atoms with van der Waals surface area (Å²) in [6.45, 7) is 0. The number of hydrogen-bond acceptors (Lipinski definition) is 0. The first-order valence-electron chi connectivity index (χ1n) is 13.7. The SMILES string of the molecule is C(#Cc1cc(C#Cc2ccccc2)c2ccc(C#Cc3ccccc3)c(C#Cc3ccccc3)c2c1)c1ccccc1. The third-order valence-corrected chi connectivity index (χ3v) is 6.60. The zero-order valence-electron chi connectivity index (χ0n) is 22.9. The van der Waals surface area contributed by atoms with Gasteiger partial charge in [-0.1, -0.05) is 126 Å². The van der Waals surface area contributed by atoms with Crippen LogP contribution in [0.15, 0.2) is 146 Å². The monoisotopic (exact) mass is 528 g/mol. The van der Waals surface area contributed by atoms with E-state index in [0.717, 1.165) is 55.3 Å². The predicted octanol–water partition coefficient (Wildman–Crippen LogP) is 8.44. The van der Waals surface area contributed by atoms with Crippen molar-refractivity contribution in [2.75, 3.05) is 0 Å². The van der Waals surface area contributed by atoms with Gasteiger partial charge in [0, 0.05) is 49.9 Å². The van der Waals surface area contributed by atoms with Crippen LogP contribution in [0.5, 0.6) is 0 Å². The molecule has 6 aromatic rings. The van der Waals surface area contributed by atoms with Crippen molar-refractivity contribution in [1.82, 2.24) is 0 Å². The van der Waals surface area contributed by atoms with E-state index in [0.29, 0.717) is 0 Å². The van der Waals surface area contributed by atoms with Crippen LogP contribution in [-0.4, -0.2) is 0 Å². The summed E-state index contributed by atoms with van der Waals surface area (Å²) < 4.78 is 0. The van der Waals surface area contributed by atoms with Gasteiger partial charge in [0.2, 0.25) is 0 Å². The van der Waals surface area contributed by atoms with E-state index in [-0.39, 0.29) is 0 Å². The molecule has 0 saturated heterocycles. The smallest absolute Gasteiger partial charge is 0.0485 e. The zero-order valence-corrected chi connectivity index (χ0v) is 22.9. The van der Waals surface area contributed by atoms with Crippen molar-refractivity contribution in [3.63, 3.8) is 0 Å². The Balaban J connectivity index is 1.58. The zero-order chi connectivity index (χ0) is 28.4. The highest BCUT2D eigenvalue weighted by Gasteiger charge is 2.10. The van der Waals surface area contributed by atoms with Crippen LogP contribution in [-0.2, 0) is 0 Å². The number of hydrogen-bond donors (Lipinski definition) is 0. The average Bonchev–Trinajstić information content (AvgIpc) is 3.06. The van der Waals surface area contributed by atoms with Gasteiger partial charge >= 0.3 is 0 Å². The second-order valence-corrected chi connectivity index (χ2v) is 9.57. The molecule has 6 aromatic carbocycles. The lowest BCUT2D eigenvalue weighted by atomic mass is 9.93. The van der Waals surface area contributed by atoms with Gasteiger partial charge in [-0.3, -0.25) is 0 Å². The normalized spacial score (nSPS) is 9.62. The maximum absolute atomic E-state index is 3.46. The van der Waals surface area contributed by atoms with Gasteiger partial charge in [0.15, 0.2) is 0 Å². The molecule has 0 spiro atoms. The Labute approximate surface area is 247 Å². The van der Waals surface area contributed by atoms with E-state index in [1.807, 2.05) is 121 Å². The van der Waals surface area contributed by atoms with Crippen LogP contribution in [0, 0.1) is 47.4 Å². The van der Waals surface area contributed by atoms with Crippen LogP contribution >= 0.6 is 0 Å². The fourth-order valence-electron chi connectivity index (χ4n) is 4.49. The highest BCUT2D eigenvalue weighted by atomic mass is 14.1. The second kappa shape index (κ2) is 12.8. The molecule has 0 aliphatic rings. The molecule has 0 fully saturated rings. The van der Waals surface area contributed by atoms with Crippen molar-refractivity contribution in [3.8, 4) is 47.4 Å². The van der Waals surface area contributed by atoms with Gasteiger partial charge in [0.25, 0.3) is 0 Å². The van der Waals surface area contributed by atoms with Gasteiger partial charge in [0.05, 0.1) is 0 Å². The lowest BCUT2D eigenvalue weighted by molar-refractivity contribution is 1.58. The second-order valence-electron chi connectivity index (χ2n) is 9.57. The van der Waals surface area contributed by atoms with Crippen LogP contribution in [0.4, 0.5) is 0 Å². The molecule has 192 valence electrons. The number of benzene rings is 6. The van der Waals surface area contributed by atoms with Gasteiger partial charge in [-0.15, -0.1) is 0 Å². The summed E-state index contributed by atoms with van der Waals surface area (Å²) in [5, 5.41) is 2.00. The van der Waals surface area contributed by atoms with Crippen molar-refractivity contribution in [1.29, 1.82) is 0 Å². The maximum atomic E-state index is 3.46. The first kappa shape index (κ1) is 26.1. The van der Waals surface area contributed by atoms with Crippen molar-refractivity contribution < 1.29 is 0 Å². The van der Waals surface area contributed by atoms with Crippen molar-refractivity contribution in [2.45, 2.75) is 0 Å². The van der Waals surface area contributed by atoms with E-state index in [2.05, 4.69) is 71.6 Å². The third-order valence-electron chi connectivity index (χ3n) is 6.60. The average molecular weight is 529 g/mol. The minimum atomic E-state index is 0.866. The van der Waals surface area contributed by atoms with E-state index in [4.69, 9.17) is 0 Å². The first-order valence-corrected chi connectivity index (χ1v) is 13.7. The largest absolute Gasteiger partial charge is 0.0622 e. The molecule has 0 nitrogen and oxygen atoms in total. The highest BCUT2D eigenvalue weighted by molar-refractivity contribution is 5.96. The maximum Gasteiger partial charge on any atom is 0.0485 e. The van der Waals surface area contributed by atoms with E-state index in [9.17, 15) is 0 Å². The molecule has 0 radical (unpaired) electrons. The Morgan fingerprint density at radius 1 is 0.262 bits per heavy atom. The molecule has 0 amide bonds. The van der Waals surface area contributed by atoms with Crippen LogP contribution in [0.3, 0.4) is 0 Å². The number of fused-ring (bicyclic) bond motifs is 1. The van der Waals surface area contributed by atoms with E-state index in [1.165, 1.54) is 0 Å². The van der Waals surface area contributed by atoms with Crippen LogP contribution < -0.4 is 0 Å².